The first-order valence-electron chi connectivity index (χ1n) is 8.54. The lowest BCUT2D eigenvalue weighted by Crippen LogP contribution is -2.51. The fourth-order valence-corrected chi connectivity index (χ4v) is 3.86. The van der Waals surface area contributed by atoms with Gasteiger partial charge in [0.15, 0.2) is 0 Å². The number of hydrogen-bond acceptors (Lipinski definition) is 4. The zero-order valence-electron chi connectivity index (χ0n) is 13.7. The Morgan fingerprint density at radius 3 is 2.39 bits per heavy atom. The number of ether oxygens (including phenoxy) is 1. The number of hydrogen-bond donors (Lipinski definition) is 0. The van der Waals surface area contributed by atoms with E-state index >= 15 is 0 Å². The van der Waals surface area contributed by atoms with Crippen molar-refractivity contribution in [1.29, 1.82) is 0 Å². The van der Waals surface area contributed by atoms with Crippen molar-refractivity contribution in [1.82, 2.24) is 14.7 Å². The summed E-state index contributed by atoms with van der Waals surface area (Å²) in [6.07, 6.45) is 3.15. The van der Waals surface area contributed by atoms with Gasteiger partial charge < -0.3 is 19.4 Å². The summed E-state index contributed by atoms with van der Waals surface area (Å²) in [5.74, 6) is 0.146. The van der Waals surface area contributed by atoms with Gasteiger partial charge in [0.2, 0.25) is 11.8 Å². The molecule has 7 nitrogen and oxygen atoms in total. The minimum Gasteiger partial charge on any atom is -0.448 e. The van der Waals surface area contributed by atoms with E-state index in [1.54, 1.807) is 16.7 Å². The number of piperidine rings is 2. The van der Waals surface area contributed by atoms with Crippen LogP contribution in [-0.4, -0.2) is 78.0 Å². The lowest BCUT2D eigenvalue weighted by molar-refractivity contribution is -0.141. The highest BCUT2D eigenvalue weighted by atomic mass is 16.6. The summed E-state index contributed by atoms with van der Waals surface area (Å²) in [7, 11) is 0. The Morgan fingerprint density at radius 1 is 1.04 bits per heavy atom. The Labute approximate surface area is 136 Å². The van der Waals surface area contributed by atoms with Gasteiger partial charge in [-0.2, -0.15) is 0 Å². The van der Waals surface area contributed by atoms with Crippen molar-refractivity contribution in [2.75, 3.05) is 39.3 Å². The number of nitrogens with zero attached hydrogens (tertiary/aromatic N) is 3. The molecule has 0 aromatic carbocycles. The summed E-state index contributed by atoms with van der Waals surface area (Å²) in [6, 6.07) is 0.189. The molecule has 3 amide bonds. The predicted molar refractivity (Wildman–Crippen MR) is 82.6 cm³/mol. The molecule has 23 heavy (non-hydrogen) atoms. The molecular formula is C16H25N3O4. The topological polar surface area (TPSA) is 70.2 Å². The van der Waals surface area contributed by atoms with Crippen LogP contribution in [0.3, 0.4) is 0 Å². The van der Waals surface area contributed by atoms with Crippen molar-refractivity contribution in [2.45, 2.75) is 38.6 Å². The van der Waals surface area contributed by atoms with Crippen molar-refractivity contribution in [3.8, 4) is 0 Å². The second-order valence-electron chi connectivity index (χ2n) is 6.67. The van der Waals surface area contributed by atoms with Crippen LogP contribution in [0.1, 0.15) is 32.6 Å². The van der Waals surface area contributed by atoms with Gasteiger partial charge in [0.1, 0.15) is 6.61 Å². The molecular weight excluding hydrogens is 298 g/mol. The van der Waals surface area contributed by atoms with E-state index in [0.29, 0.717) is 32.8 Å². The van der Waals surface area contributed by atoms with Crippen LogP contribution in [0.2, 0.25) is 0 Å². The van der Waals surface area contributed by atoms with E-state index < -0.39 is 0 Å². The highest BCUT2D eigenvalue weighted by molar-refractivity contribution is 5.81. The summed E-state index contributed by atoms with van der Waals surface area (Å²) in [4.78, 5) is 41.3. The molecule has 0 radical (unpaired) electrons. The van der Waals surface area contributed by atoms with E-state index in [-0.39, 0.29) is 29.9 Å². The van der Waals surface area contributed by atoms with Gasteiger partial charge in [0.05, 0.1) is 12.5 Å². The van der Waals surface area contributed by atoms with E-state index in [1.807, 2.05) is 4.90 Å². The smallest absolute Gasteiger partial charge is 0.410 e. The van der Waals surface area contributed by atoms with E-state index in [4.69, 9.17) is 4.74 Å². The summed E-state index contributed by atoms with van der Waals surface area (Å²) < 4.78 is 4.99. The van der Waals surface area contributed by atoms with Crippen LogP contribution in [0.25, 0.3) is 0 Å². The average Bonchev–Trinajstić information content (AvgIpc) is 3.00. The van der Waals surface area contributed by atoms with E-state index in [9.17, 15) is 14.4 Å². The van der Waals surface area contributed by atoms with Gasteiger partial charge in [-0.25, -0.2) is 4.79 Å². The van der Waals surface area contributed by atoms with E-state index in [0.717, 1.165) is 32.2 Å². The number of likely N-dealkylation sites (tertiary alicyclic amines) is 2. The van der Waals surface area contributed by atoms with Gasteiger partial charge in [-0.1, -0.05) is 0 Å². The molecule has 0 bridgehead atoms. The van der Waals surface area contributed by atoms with E-state index in [2.05, 4.69) is 0 Å². The van der Waals surface area contributed by atoms with Gasteiger partial charge >= 0.3 is 6.09 Å². The van der Waals surface area contributed by atoms with Gasteiger partial charge in [0, 0.05) is 39.1 Å². The molecule has 3 aliphatic rings. The molecule has 0 spiro atoms. The first-order valence-corrected chi connectivity index (χ1v) is 8.54. The minimum atomic E-state index is -0.223. The molecule has 3 aliphatic heterocycles. The van der Waals surface area contributed by atoms with Crippen LogP contribution in [-0.2, 0) is 14.3 Å². The van der Waals surface area contributed by atoms with Crippen molar-refractivity contribution in [3.05, 3.63) is 0 Å². The molecule has 7 heteroatoms. The number of cyclic esters (lactones) is 1. The second-order valence-corrected chi connectivity index (χ2v) is 6.67. The lowest BCUT2D eigenvalue weighted by atomic mass is 9.94. The molecule has 1 unspecified atom stereocenters. The zero-order valence-corrected chi connectivity index (χ0v) is 13.7. The molecule has 0 saturated carbocycles. The first-order chi connectivity index (χ1) is 11.1. The predicted octanol–water partition coefficient (Wildman–Crippen LogP) is 0.688. The molecule has 3 saturated heterocycles. The Hall–Kier alpha value is -1.79. The third kappa shape index (κ3) is 3.43. The summed E-state index contributed by atoms with van der Waals surface area (Å²) >= 11 is 0. The fraction of sp³-hybridized carbons (Fsp3) is 0.812. The van der Waals surface area contributed by atoms with Crippen LogP contribution in [0, 0.1) is 5.92 Å². The van der Waals surface area contributed by atoms with Gasteiger partial charge in [-0.05, 0) is 25.7 Å². The third-order valence-corrected chi connectivity index (χ3v) is 5.23. The van der Waals surface area contributed by atoms with Crippen molar-refractivity contribution in [3.63, 3.8) is 0 Å². The number of carbonyl (C=O) groups is 3. The molecule has 128 valence electrons. The molecule has 3 rings (SSSR count). The Morgan fingerprint density at radius 2 is 1.78 bits per heavy atom. The van der Waals surface area contributed by atoms with E-state index in [1.165, 1.54) is 0 Å². The second kappa shape index (κ2) is 6.76. The summed E-state index contributed by atoms with van der Waals surface area (Å²) in [5, 5.41) is 0. The molecule has 0 aromatic rings. The molecule has 1 atom stereocenters. The average molecular weight is 323 g/mol. The van der Waals surface area contributed by atoms with Crippen molar-refractivity contribution >= 4 is 17.9 Å². The maximum absolute atomic E-state index is 12.7. The molecule has 0 aromatic heterocycles. The quantitative estimate of drug-likeness (QED) is 0.750. The highest BCUT2D eigenvalue weighted by Gasteiger charge is 2.36. The number of amides is 3. The van der Waals surface area contributed by atoms with Crippen LogP contribution in [0.4, 0.5) is 4.79 Å². The van der Waals surface area contributed by atoms with Crippen LogP contribution < -0.4 is 0 Å². The Bertz CT molecular complexity index is 488. The molecule has 3 fully saturated rings. The normalized spacial score (nSPS) is 26.4. The summed E-state index contributed by atoms with van der Waals surface area (Å²) in [5.41, 5.74) is 0. The first kappa shape index (κ1) is 16.1. The zero-order chi connectivity index (χ0) is 16.4. The number of carbonyl (C=O) groups excluding carboxylic acids is 3. The van der Waals surface area contributed by atoms with Crippen LogP contribution in [0.5, 0.6) is 0 Å². The van der Waals surface area contributed by atoms with Gasteiger partial charge in [0.25, 0.3) is 0 Å². The SMILES string of the molecule is CC(=O)N1CCCC(C(=O)N2CCC(N3CCOC3=O)CC2)C1. The van der Waals surface area contributed by atoms with Gasteiger partial charge in [-0.3, -0.25) is 9.59 Å². The Balaban J connectivity index is 1.52. The summed E-state index contributed by atoms with van der Waals surface area (Å²) in [6.45, 7) is 5.38. The maximum atomic E-state index is 12.7. The van der Waals surface area contributed by atoms with Gasteiger partial charge in [-0.15, -0.1) is 0 Å². The standard InChI is InChI=1S/C16H25N3O4/c1-12(20)18-6-2-3-13(11-18)15(21)17-7-4-14(5-8-17)19-9-10-23-16(19)22/h13-14H,2-11H2,1H3. The third-order valence-electron chi connectivity index (χ3n) is 5.23. The lowest BCUT2D eigenvalue weighted by Gasteiger charge is -2.39. The molecule has 3 heterocycles. The van der Waals surface area contributed by atoms with Crippen molar-refractivity contribution in [2.24, 2.45) is 5.92 Å². The van der Waals surface area contributed by atoms with Crippen LogP contribution >= 0.6 is 0 Å². The number of rotatable bonds is 2. The van der Waals surface area contributed by atoms with Crippen LogP contribution in [0.15, 0.2) is 0 Å². The monoisotopic (exact) mass is 323 g/mol. The highest BCUT2D eigenvalue weighted by Crippen LogP contribution is 2.24. The Kier molecular flexibility index (Phi) is 4.73. The largest absolute Gasteiger partial charge is 0.448 e. The minimum absolute atomic E-state index is 0.0498. The molecule has 0 aliphatic carbocycles. The fourth-order valence-electron chi connectivity index (χ4n) is 3.86. The maximum Gasteiger partial charge on any atom is 0.410 e. The van der Waals surface area contributed by atoms with Crippen molar-refractivity contribution < 1.29 is 19.1 Å². The molecule has 0 N–H and O–H groups in total.